The van der Waals surface area contributed by atoms with Gasteiger partial charge in [0.2, 0.25) is 0 Å². The summed E-state index contributed by atoms with van der Waals surface area (Å²) in [7, 11) is 0. The van der Waals surface area contributed by atoms with Crippen molar-refractivity contribution in [1.82, 2.24) is 15.2 Å². The third-order valence-electron chi connectivity index (χ3n) is 5.47. The fourth-order valence-electron chi connectivity index (χ4n) is 3.74. The number of rotatable bonds is 6. The van der Waals surface area contributed by atoms with Crippen LogP contribution in [0.3, 0.4) is 0 Å². The summed E-state index contributed by atoms with van der Waals surface area (Å²) < 4.78 is 0. The van der Waals surface area contributed by atoms with Gasteiger partial charge in [-0.05, 0) is 61.4 Å². The predicted molar refractivity (Wildman–Crippen MR) is 126 cm³/mol. The Morgan fingerprint density at radius 2 is 1.50 bits per heavy atom. The molecular formula is C25H27N5O2. The SMILES string of the molecule is O=C(Nc1ccccc1)Nc1ccc(C(=O)NC2CCN(Cc3ccccn3)CC2)cc1. The van der Waals surface area contributed by atoms with Gasteiger partial charge < -0.3 is 16.0 Å². The Morgan fingerprint density at radius 1 is 0.844 bits per heavy atom. The first-order valence-corrected chi connectivity index (χ1v) is 10.8. The van der Waals surface area contributed by atoms with Crippen LogP contribution < -0.4 is 16.0 Å². The van der Waals surface area contributed by atoms with Crippen molar-refractivity contribution >= 4 is 23.3 Å². The average molecular weight is 430 g/mol. The Balaban J connectivity index is 1.22. The summed E-state index contributed by atoms with van der Waals surface area (Å²) in [6.07, 6.45) is 3.65. The van der Waals surface area contributed by atoms with Gasteiger partial charge in [-0.25, -0.2) is 4.79 Å². The summed E-state index contributed by atoms with van der Waals surface area (Å²) >= 11 is 0. The van der Waals surface area contributed by atoms with Crippen LogP contribution in [-0.4, -0.2) is 41.0 Å². The first-order valence-electron chi connectivity index (χ1n) is 10.8. The number of pyridine rings is 1. The topological polar surface area (TPSA) is 86.4 Å². The molecule has 0 atom stereocenters. The van der Waals surface area contributed by atoms with E-state index in [1.165, 1.54) is 0 Å². The lowest BCUT2D eigenvalue weighted by Gasteiger charge is -2.32. The molecule has 2 aromatic carbocycles. The van der Waals surface area contributed by atoms with Crippen LogP contribution in [0.2, 0.25) is 0 Å². The minimum absolute atomic E-state index is 0.0894. The van der Waals surface area contributed by atoms with Gasteiger partial charge in [-0.3, -0.25) is 14.7 Å². The van der Waals surface area contributed by atoms with Crippen LogP contribution >= 0.6 is 0 Å². The highest BCUT2D eigenvalue weighted by Crippen LogP contribution is 2.15. The summed E-state index contributed by atoms with van der Waals surface area (Å²) in [5, 5.41) is 8.67. The van der Waals surface area contributed by atoms with E-state index in [2.05, 4.69) is 25.8 Å². The minimum atomic E-state index is -0.328. The third kappa shape index (κ3) is 6.15. The molecule has 3 aromatic rings. The fourth-order valence-corrected chi connectivity index (χ4v) is 3.74. The molecule has 1 aromatic heterocycles. The number of anilines is 2. The van der Waals surface area contributed by atoms with E-state index in [9.17, 15) is 9.59 Å². The largest absolute Gasteiger partial charge is 0.349 e. The highest BCUT2D eigenvalue weighted by molar-refractivity contribution is 6.00. The smallest absolute Gasteiger partial charge is 0.323 e. The number of hydrogen-bond acceptors (Lipinski definition) is 4. The molecule has 2 heterocycles. The van der Waals surface area contributed by atoms with Crippen LogP contribution in [-0.2, 0) is 6.54 Å². The zero-order valence-corrected chi connectivity index (χ0v) is 17.8. The fraction of sp³-hybridized carbons (Fsp3) is 0.240. The lowest BCUT2D eigenvalue weighted by Crippen LogP contribution is -2.44. The van der Waals surface area contributed by atoms with Crippen molar-refractivity contribution in [2.45, 2.75) is 25.4 Å². The van der Waals surface area contributed by atoms with Crippen molar-refractivity contribution < 1.29 is 9.59 Å². The maximum absolute atomic E-state index is 12.6. The summed E-state index contributed by atoms with van der Waals surface area (Å²) in [5.41, 5.74) is 2.99. The number of aromatic nitrogens is 1. The molecule has 0 aliphatic carbocycles. The van der Waals surface area contributed by atoms with Crippen molar-refractivity contribution in [3.8, 4) is 0 Å². The molecule has 3 N–H and O–H groups in total. The lowest BCUT2D eigenvalue weighted by atomic mass is 10.0. The Hall–Kier alpha value is -3.71. The van der Waals surface area contributed by atoms with Crippen molar-refractivity contribution in [3.63, 3.8) is 0 Å². The van der Waals surface area contributed by atoms with Crippen LogP contribution in [0.15, 0.2) is 79.0 Å². The minimum Gasteiger partial charge on any atom is -0.349 e. The molecule has 1 fully saturated rings. The number of amides is 3. The van der Waals surface area contributed by atoms with Gasteiger partial charge in [-0.1, -0.05) is 24.3 Å². The molecule has 1 saturated heterocycles. The van der Waals surface area contributed by atoms with Crippen LogP contribution in [0.4, 0.5) is 16.2 Å². The number of likely N-dealkylation sites (tertiary alicyclic amines) is 1. The van der Waals surface area contributed by atoms with Crippen LogP contribution in [0, 0.1) is 0 Å². The highest BCUT2D eigenvalue weighted by Gasteiger charge is 2.21. The van der Waals surface area contributed by atoms with E-state index in [0.717, 1.165) is 38.2 Å². The second-order valence-corrected chi connectivity index (χ2v) is 7.87. The van der Waals surface area contributed by atoms with E-state index in [1.54, 1.807) is 24.3 Å². The molecule has 1 aliphatic rings. The summed E-state index contributed by atoms with van der Waals surface area (Å²) in [6.45, 7) is 2.70. The number of nitrogens with zero attached hydrogens (tertiary/aromatic N) is 2. The molecule has 3 amide bonds. The molecule has 1 aliphatic heterocycles. The molecule has 0 unspecified atom stereocenters. The number of carbonyl (C=O) groups excluding carboxylic acids is 2. The first-order chi connectivity index (χ1) is 15.7. The normalized spacial score (nSPS) is 14.5. The standard InChI is InChI=1S/C25H27N5O2/c31-24(27-22-13-16-30(17-14-22)18-23-8-4-5-15-26-23)19-9-11-21(12-10-19)29-25(32)28-20-6-2-1-3-7-20/h1-12,15,22H,13-14,16-18H2,(H,27,31)(H2,28,29,32). The van der Waals surface area contributed by atoms with E-state index in [0.29, 0.717) is 16.9 Å². The first kappa shape index (κ1) is 21.5. The zero-order valence-electron chi connectivity index (χ0n) is 17.8. The molecule has 164 valence electrons. The molecule has 0 saturated carbocycles. The molecule has 7 nitrogen and oxygen atoms in total. The Bertz CT molecular complexity index is 1020. The van der Waals surface area contributed by atoms with Gasteiger partial charge in [0.15, 0.2) is 0 Å². The van der Waals surface area contributed by atoms with Gasteiger partial charge in [0.25, 0.3) is 5.91 Å². The molecule has 7 heteroatoms. The summed E-state index contributed by atoms with van der Waals surface area (Å²) in [6, 6.07) is 21.9. The molecule has 0 bridgehead atoms. The number of piperidine rings is 1. The number of benzene rings is 2. The van der Waals surface area contributed by atoms with E-state index in [-0.39, 0.29) is 18.0 Å². The van der Waals surface area contributed by atoms with Gasteiger partial charge in [0, 0.05) is 48.8 Å². The van der Waals surface area contributed by atoms with E-state index in [4.69, 9.17) is 0 Å². The van der Waals surface area contributed by atoms with Gasteiger partial charge in [0.05, 0.1) is 5.69 Å². The van der Waals surface area contributed by atoms with Gasteiger partial charge in [0.1, 0.15) is 0 Å². The lowest BCUT2D eigenvalue weighted by molar-refractivity contribution is 0.0908. The molecule has 0 spiro atoms. The van der Waals surface area contributed by atoms with E-state index >= 15 is 0 Å². The Labute approximate surface area is 187 Å². The molecular weight excluding hydrogens is 402 g/mol. The number of carbonyl (C=O) groups is 2. The number of nitrogens with one attached hydrogen (secondary N) is 3. The maximum atomic E-state index is 12.6. The van der Waals surface area contributed by atoms with Gasteiger partial charge in [-0.15, -0.1) is 0 Å². The number of hydrogen-bond donors (Lipinski definition) is 3. The van der Waals surface area contributed by atoms with Crippen LogP contribution in [0.25, 0.3) is 0 Å². The predicted octanol–water partition coefficient (Wildman–Crippen LogP) is 4.12. The second-order valence-electron chi connectivity index (χ2n) is 7.87. The van der Waals surface area contributed by atoms with E-state index < -0.39 is 0 Å². The number of urea groups is 1. The quantitative estimate of drug-likeness (QED) is 0.550. The number of para-hydroxylation sites is 1. The van der Waals surface area contributed by atoms with Gasteiger partial charge >= 0.3 is 6.03 Å². The Morgan fingerprint density at radius 3 is 2.16 bits per heavy atom. The van der Waals surface area contributed by atoms with Crippen molar-refractivity contribution in [2.75, 3.05) is 23.7 Å². The summed E-state index contributed by atoms with van der Waals surface area (Å²) in [4.78, 5) is 31.5. The highest BCUT2D eigenvalue weighted by atomic mass is 16.2. The van der Waals surface area contributed by atoms with Gasteiger partial charge in [-0.2, -0.15) is 0 Å². The zero-order chi connectivity index (χ0) is 22.2. The van der Waals surface area contributed by atoms with Crippen molar-refractivity contribution in [3.05, 3.63) is 90.3 Å². The van der Waals surface area contributed by atoms with Crippen LogP contribution in [0.1, 0.15) is 28.9 Å². The monoisotopic (exact) mass is 429 g/mol. The third-order valence-corrected chi connectivity index (χ3v) is 5.47. The second kappa shape index (κ2) is 10.5. The summed E-state index contributed by atoms with van der Waals surface area (Å²) in [5.74, 6) is -0.0894. The van der Waals surface area contributed by atoms with E-state index in [1.807, 2.05) is 54.7 Å². The van der Waals surface area contributed by atoms with Crippen molar-refractivity contribution in [2.24, 2.45) is 0 Å². The molecule has 0 radical (unpaired) electrons. The Kier molecular flexibility index (Phi) is 7.09. The van der Waals surface area contributed by atoms with Crippen LogP contribution in [0.5, 0.6) is 0 Å². The average Bonchev–Trinajstić information content (AvgIpc) is 2.82. The van der Waals surface area contributed by atoms with Crippen molar-refractivity contribution in [1.29, 1.82) is 0 Å². The molecule has 4 rings (SSSR count). The molecule has 32 heavy (non-hydrogen) atoms. The maximum Gasteiger partial charge on any atom is 0.323 e.